The van der Waals surface area contributed by atoms with E-state index in [1.807, 2.05) is 24.3 Å². The van der Waals surface area contributed by atoms with Crippen LogP contribution in [0.5, 0.6) is 0 Å². The van der Waals surface area contributed by atoms with Gasteiger partial charge in [0.05, 0.1) is 5.92 Å². The smallest absolute Gasteiger partial charge is 0.227 e. The van der Waals surface area contributed by atoms with Gasteiger partial charge in [-0.25, -0.2) is 0 Å². The minimum Gasteiger partial charge on any atom is -0.396 e. The highest BCUT2D eigenvalue weighted by Crippen LogP contribution is 2.48. The maximum absolute atomic E-state index is 12.4. The van der Waals surface area contributed by atoms with Gasteiger partial charge >= 0.3 is 0 Å². The molecule has 0 radical (unpaired) electrons. The molecule has 108 valence electrons. The number of amides is 1. The van der Waals surface area contributed by atoms with E-state index in [4.69, 9.17) is 5.11 Å². The number of nitrogens with one attached hydrogen (secondary N) is 2. The number of carbonyl (C=O) groups is 1. The molecule has 1 saturated carbocycles. The number of hydrogen-bond acceptors (Lipinski definition) is 3. The molecule has 0 spiro atoms. The van der Waals surface area contributed by atoms with Gasteiger partial charge in [0.15, 0.2) is 0 Å². The molecule has 1 unspecified atom stereocenters. The Bertz CT molecular complexity index is 497. The van der Waals surface area contributed by atoms with Crippen LogP contribution in [0.25, 0.3) is 0 Å². The van der Waals surface area contributed by atoms with Crippen LogP contribution in [-0.2, 0) is 4.79 Å². The summed E-state index contributed by atoms with van der Waals surface area (Å²) in [5, 5.41) is 15.5. The molecule has 0 saturated heterocycles. The minimum absolute atomic E-state index is 0.0441. The summed E-state index contributed by atoms with van der Waals surface area (Å²) in [5.41, 5.74) is 2.36. The van der Waals surface area contributed by atoms with Crippen LogP contribution in [0.15, 0.2) is 24.3 Å². The first-order valence-corrected chi connectivity index (χ1v) is 7.45. The average Bonchev–Trinajstić information content (AvgIpc) is 3.25. The number of fused-ring (bicyclic) bond motifs is 1. The van der Waals surface area contributed by atoms with Crippen molar-refractivity contribution >= 4 is 11.6 Å². The lowest BCUT2D eigenvalue weighted by Crippen LogP contribution is -2.36. The van der Waals surface area contributed by atoms with Gasteiger partial charge in [-0.1, -0.05) is 18.2 Å². The molecule has 1 aromatic rings. The zero-order valence-corrected chi connectivity index (χ0v) is 11.7. The first-order valence-electron chi connectivity index (χ1n) is 7.45. The molecule has 3 N–H and O–H groups in total. The highest BCUT2D eigenvalue weighted by molar-refractivity contribution is 5.86. The van der Waals surface area contributed by atoms with Crippen LogP contribution in [-0.4, -0.2) is 30.7 Å². The number of benzene rings is 1. The van der Waals surface area contributed by atoms with Gasteiger partial charge in [0.1, 0.15) is 0 Å². The maximum atomic E-state index is 12.4. The number of anilines is 1. The van der Waals surface area contributed by atoms with E-state index < -0.39 is 0 Å². The Morgan fingerprint density at radius 1 is 1.40 bits per heavy atom. The lowest BCUT2D eigenvalue weighted by Gasteiger charge is -2.26. The fraction of sp³-hybridized carbons (Fsp3) is 0.562. The molecule has 0 bridgehead atoms. The van der Waals surface area contributed by atoms with E-state index in [0.717, 1.165) is 43.5 Å². The third-order valence-electron chi connectivity index (χ3n) is 4.64. The van der Waals surface area contributed by atoms with E-state index in [2.05, 4.69) is 10.6 Å². The molecule has 20 heavy (non-hydrogen) atoms. The fourth-order valence-corrected chi connectivity index (χ4v) is 3.07. The Balaban J connectivity index is 1.64. The Morgan fingerprint density at radius 2 is 2.20 bits per heavy atom. The van der Waals surface area contributed by atoms with E-state index in [9.17, 15) is 4.79 Å². The van der Waals surface area contributed by atoms with Crippen molar-refractivity contribution in [3.8, 4) is 0 Å². The summed E-state index contributed by atoms with van der Waals surface area (Å²) in [5.74, 6) is 0.0838. The van der Waals surface area contributed by atoms with Gasteiger partial charge in [0.2, 0.25) is 5.91 Å². The summed E-state index contributed by atoms with van der Waals surface area (Å²) in [6.45, 7) is 1.77. The van der Waals surface area contributed by atoms with E-state index in [1.54, 1.807) is 0 Å². The second-order valence-corrected chi connectivity index (χ2v) is 6.05. The zero-order chi connectivity index (χ0) is 14.0. The van der Waals surface area contributed by atoms with Crippen molar-refractivity contribution in [3.05, 3.63) is 29.8 Å². The molecule has 1 amide bonds. The topological polar surface area (TPSA) is 61.4 Å². The fourth-order valence-electron chi connectivity index (χ4n) is 3.07. The summed E-state index contributed by atoms with van der Waals surface area (Å²) < 4.78 is 0. The predicted octanol–water partition coefficient (Wildman–Crippen LogP) is 1.86. The molecular weight excluding hydrogens is 252 g/mol. The molecule has 1 aromatic carbocycles. The normalized spacial score (nSPS) is 22.6. The van der Waals surface area contributed by atoms with Gasteiger partial charge in [0, 0.05) is 25.4 Å². The first kappa shape index (κ1) is 13.4. The van der Waals surface area contributed by atoms with Crippen LogP contribution in [0.1, 0.15) is 37.2 Å². The van der Waals surface area contributed by atoms with Crippen molar-refractivity contribution in [2.75, 3.05) is 25.0 Å². The average molecular weight is 274 g/mol. The summed E-state index contributed by atoms with van der Waals surface area (Å²) in [4.78, 5) is 12.4. The number of para-hydroxylation sites is 1. The summed E-state index contributed by atoms with van der Waals surface area (Å²) >= 11 is 0. The number of aliphatic hydroxyl groups excluding tert-OH is 1. The Hall–Kier alpha value is -1.55. The standard InChI is InChI=1S/C16H22N2O2/c19-10-8-16(6-7-16)11-18-15(20)13-5-9-17-14-4-2-1-3-12(13)14/h1-4,13,17,19H,5-11H2,(H,18,20). The minimum atomic E-state index is -0.0441. The SMILES string of the molecule is O=C(NCC1(CCO)CC1)C1CCNc2ccccc21. The quantitative estimate of drug-likeness (QED) is 0.768. The lowest BCUT2D eigenvalue weighted by atomic mass is 9.90. The maximum Gasteiger partial charge on any atom is 0.227 e. The number of rotatable bonds is 5. The monoisotopic (exact) mass is 274 g/mol. The molecule has 4 nitrogen and oxygen atoms in total. The molecule has 1 aliphatic carbocycles. The van der Waals surface area contributed by atoms with Crippen molar-refractivity contribution in [1.82, 2.24) is 5.32 Å². The molecule has 1 fully saturated rings. The van der Waals surface area contributed by atoms with Crippen molar-refractivity contribution in [2.45, 2.75) is 31.6 Å². The second-order valence-electron chi connectivity index (χ2n) is 6.05. The molecule has 2 aliphatic rings. The van der Waals surface area contributed by atoms with Gasteiger partial charge in [-0.15, -0.1) is 0 Å². The van der Waals surface area contributed by atoms with Crippen LogP contribution < -0.4 is 10.6 Å². The van der Waals surface area contributed by atoms with E-state index in [-0.39, 0.29) is 23.8 Å². The van der Waals surface area contributed by atoms with Crippen LogP contribution in [0.3, 0.4) is 0 Å². The Kier molecular flexibility index (Phi) is 3.66. The summed E-state index contributed by atoms with van der Waals surface area (Å²) in [6, 6.07) is 8.04. The number of carbonyl (C=O) groups excluding carboxylic acids is 1. The molecule has 1 heterocycles. The van der Waals surface area contributed by atoms with E-state index >= 15 is 0 Å². The molecule has 3 rings (SSSR count). The highest BCUT2D eigenvalue weighted by atomic mass is 16.3. The van der Waals surface area contributed by atoms with Gasteiger partial charge in [-0.3, -0.25) is 4.79 Å². The Labute approximate surface area is 119 Å². The molecule has 1 atom stereocenters. The van der Waals surface area contributed by atoms with Crippen LogP contribution in [0, 0.1) is 5.41 Å². The number of aliphatic hydroxyl groups is 1. The highest BCUT2D eigenvalue weighted by Gasteiger charge is 2.42. The second kappa shape index (κ2) is 5.44. The molecule has 0 aromatic heterocycles. The summed E-state index contributed by atoms with van der Waals surface area (Å²) in [6.07, 6.45) is 3.89. The van der Waals surface area contributed by atoms with Crippen LogP contribution in [0.2, 0.25) is 0 Å². The van der Waals surface area contributed by atoms with Crippen molar-refractivity contribution in [2.24, 2.45) is 5.41 Å². The van der Waals surface area contributed by atoms with Crippen molar-refractivity contribution in [1.29, 1.82) is 0 Å². The Morgan fingerprint density at radius 3 is 2.95 bits per heavy atom. The molecular formula is C16H22N2O2. The van der Waals surface area contributed by atoms with Gasteiger partial charge in [-0.2, -0.15) is 0 Å². The van der Waals surface area contributed by atoms with Crippen molar-refractivity contribution in [3.63, 3.8) is 0 Å². The summed E-state index contributed by atoms with van der Waals surface area (Å²) in [7, 11) is 0. The molecule has 4 heteroatoms. The van der Waals surface area contributed by atoms with Gasteiger partial charge in [0.25, 0.3) is 0 Å². The van der Waals surface area contributed by atoms with Crippen molar-refractivity contribution < 1.29 is 9.90 Å². The van der Waals surface area contributed by atoms with E-state index in [1.165, 1.54) is 0 Å². The van der Waals surface area contributed by atoms with Gasteiger partial charge in [-0.05, 0) is 42.7 Å². The number of hydrogen-bond donors (Lipinski definition) is 3. The first-order chi connectivity index (χ1) is 9.74. The third kappa shape index (κ3) is 2.66. The van der Waals surface area contributed by atoms with Crippen LogP contribution in [0.4, 0.5) is 5.69 Å². The predicted molar refractivity (Wildman–Crippen MR) is 78.7 cm³/mol. The van der Waals surface area contributed by atoms with Gasteiger partial charge < -0.3 is 15.7 Å². The molecule has 1 aliphatic heterocycles. The van der Waals surface area contributed by atoms with E-state index in [0.29, 0.717) is 6.54 Å². The zero-order valence-electron chi connectivity index (χ0n) is 11.7. The third-order valence-corrected chi connectivity index (χ3v) is 4.64. The lowest BCUT2D eigenvalue weighted by molar-refractivity contribution is -0.123. The van der Waals surface area contributed by atoms with Crippen LogP contribution >= 0.6 is 0 Å². The largest absolute Gasteiger partial charge is 0.396 e.